The van der Waals surface area contributed by atoms with Gasteiger partial charge in [0.1, 0.15) is 0 Å². The Hall–Kier alpha value is -2.01. The predicted molar refractivity (Wildman–Crippen MR) is 103 cm³/mol. The molecule has 0 radical (unpaired) electrons. The maximum Gasteiger partial charge on any atom is 0.221 e. The van der Waals surface area contributed by atoms with E-state index in [1.165, 1.54) is 0 Å². The molecule has 0 bridgehead atoms. The fraction of sp³-hybridized carbons (Fsp3) is 0.211. The molecule has 3 aromatic rings. The highest BCUT2D eigenvalue weighted by Crippen LogP contribution is 2.34. The number of aromatic nitrogens is 1. The summed E-state index contributed by atoms with van der Waals surface area (Å²) in [5.41, 5.74) is 1.73. The van der Waals surface area contributed by atoms with Crippen LogP contribution in [0.5, 0.6) is 5.88 Å². The van der Waals surface area contributed by atoms with Gasteiger partial charge in [0, 0.05) is 23.9 Å². The van der Waals surface area contributed by atoms with Crippen molar-refractivity contribution in [2.75, 3.05) is 19.0 Å². The summed E-state index contributed by atoms with van der Waals surface area (Å²) in [6.07, 6.45) is 2.22. The van der Waals surface area contributed by atoms with Gasteiger partial charge in [-0.05, 0) is 41.6 Å². The molecule has 1 unspecified atom stereocenters. The third-order valence-corrected chi connectivity index (χ3v) is 4.87. The summed E-state index contributed by atoms with van der Waals surface area (Å²) in [6, 6.07) is 13.2. The lowest BCUT2D eigenvalue weighted by Gasteiger charge is -2.21. The van der Waals surface area contributed by atoms with Crippen LogP contribution in [0.15, 0.2) is 48.7 Å². The molecule has 1 heterocycles. The molecule has 0 fully saturated rings. The summed E-state index contributed by atoms with van der Waals surface area (Å²) in [6.45, 7) is 0.0268. The minimum Gasteiger partial charge on any atom is -0.481 e. The molecule has 0 saturated heterocycles. The third kappa shape index (κ3) is 3.82. The number of nitrogens with zero attached hydrogens (tertiary/aromatic N) is 1. The van der Waals surface area contributed by atoms with E-state index in [0.29, 0.717) is 22.3 Å². The second-order valence-electron chi connectivity index (χ2n) is 5.61. The van der Waals surface area contributed by atoms with Gasteiger partial charge in [0.25, 0.3) is 0 Å². The first kappa shape index (κ1) is 17.8. The van der Waals surface area contributed by atoms with Crippen molar-refractivity contribution in [2.45, 2.75) is 12.5 Å². The fourth-order valence-corrected chi connectivity index (χ4v) is 3.26. The van der Waals surface area contributed by atoms with Gasteiger partial charge in [-0.15, -0.1) is 0 Å². The zero-order valence-corrected chi connectivity index (χ0v) is 15.2. The molecule has 130 valence electrons. The topological polar surface area (TPSA) is 54.4 Å². The number of benzene rings is 2. The Bertz CT molecular complexity index is 886. The minimum atomic E-state index is -0.170. The monoisotopic (exact) mass is 376 g/mol. The molecule has 4 nitrogen and oxygen atoms in total. The second-order valence-corrected chi connectivity index (χ2v) is 6.39. The van der Waals surface area contributed by atoms with Crippen LogP contribution in [0.2, 0.25) is 10.0 Å². The zero-order valence-electron chi connectivity index (χ0n) is 13.7. The first-order valence-electron chi connectivity index (χ1n) is 7.88. The highest BCUT2D eigenvalue weighted by Gasteiger charge is 2.16. The van der Waals surface area contributed by atoms with Crippen LogP contribution in [0, 0.1) is 0 Å². The molecule has 0 amide bonds. The van der Waals surface area contributed by atoms with Crippen LogP contribution >= 0.6 is 23.2 Å². The molecule has 1 atom stereocenters. The molecule has 0 aliphatic heterocycles. The Labute approximate surface area is 156 Å². The SMILES string of the molecule is COc1nccc2ccc(NC(CCO)c3cccc(Cl)c3Cl)cc12. The maximum absolute atomic E-state index is 9.44. The Morgan fingerprint density at radius 2 is 2.04 bits per heavy atom. The summed E-state index contributed by atoms with van der Waals surface area (Å²) in [5, 5.41) is 15.8. The van der Waals surface area contributed by atoms with E-state index in [4.69, 9.17) is 27.9 Å². The number of aliphatic hydroxyl groups excluding tert-OH is 1. The van der Waals surface area contributed by atoms with Gasteiger partial charge in [-0.25, -0.2) is 4.98 Å². The second kappa shape index (κ2) is 7.91. The van der Waals surface area contributed by atoms with Crippen LogP contribution in [0.25, 0.3) is 10.8 Å². The smallest absolute Gasteiger partial charge is 0.221 e. The predicted octanol–water partition coefficient (Wildman–Crippen LogP) is 5.09. The number of hydrogen-bond acceptors (Lipinski definition) is 4. The number of nitrogens with one attached hydrogen (secondary N) is 1. The van der Waals surface area contributed by atoms with Crippen molar-refractivity contribution in [3.63, 3.8) is 0 Å². The summed E-state index contributed by atoms with van der Waals surface area (Å²) in [5.74, 6) is 0.570. The Morgan fingerprint density at radius 3 is 2.80 bits per heavy atom. The van der Waals surface area contributed by atoms with Gasteiger partial charge < -0.3 is 15.2 Å². The Kier molecular flexibility index (Phi) is 5.63. The number of pyridine rings is 1. The molecular formula is C19H18Cl2N2O2. The average molecular weight is 377 g/mol. The highest BCUT2D eigenvalue weighted by molar-refractivity contribution is 6.42. The van der Waals surface area contributed by atoms with E-state index in [1.54, 1.807) is 19.4 Å². The number of aliphatic hydroxyl groups is 1. The van der Waals surface area contributed by atoms with Crippen molar-refractivity contribution < 1.29 is 9.84 Å². The van der Waals surface area contributed by atoms with Gasteiger partial charge >= 0.3 is 0 Å². The molecule has 0 spiro atoms. The summed E-state index contributed by atoms with van der Waals surface area (Å²) in [7, 11) is 1.60. The standard InChI is InChI=1S/C19H18Cl2N2O2/c1-25-19-15-11-13(6-5-12(15)7-9-22-19)23-17(8-10-24)14-3-2-4-16(20)18(14)21/h2-7,9,11,17,23-24H,8,10H2,1H3. The Balaban J connectivity index is 1.97. The lowest BCUT2D eigenvalue weighted by molar-refractivity contribution is 0.280. The molecule has 3 rings (SSSR count). The van der Waals surface area contributed by atoms with Crippen LogP contribution in [-0.2, 0) is 0 Å². The summed E-state index contributed by atoms with van der Waals surface area (Å²) < 4.78 is 5.34. The van der Waals surface area contributed by atoms with E-state index in [2.05, 4.69) is 10.3 Å². The van der Waals surface area contributed by atoms with Gasteiger partial charge in [-0.3, -0.25) is 0 Å². The van der Waals surface area contributed by atoms with Crippen molar-refractivity contribution in [3.8, 4) is 5.88 Å². The van der Waals surface area contributed by atoms with Crippen molar-refractivity contribution >= 4 is 39.7 Å². The molecule has 2 aromatic carbocycles. The molecule has 25 heavy (non-hydrogen) atoms. The lowest BCUT2D eigenvalue weighted by atomic mass is 10.0. The number of fused-ring (bicyclic) bond motifs is 1. The van der Waals surface area contributed by atoms with Crippen LogP contribution in [0.3, 0.4) is 0 Å². The highest BCUT2D eigenvalue weighted by atomic mass is 35.5. The van der Waals surface area contributed by atoms with Gasteiger partial charge in [0.05, 0.1) is 23.2 Å². The molecule has 0 saturated carbocycles. The van der Waals surface area contributed by atoms with Crippen molar-refractivity contribution in [3.05, 3.63) is 64.3 Å². The van der Waals surface area contributed by atoms with E-state index >= 15 is 0 Å². The first-order chi connectivity index (χ1) is 12.1. The summed E-state index contributed by atoms with van der Waals surface area (Å²) in [4.78, 5) is 4.24. The first-order valence-corrected chi connectivity index (χ1v) is 8.63. The van der Waals surface area contributed by atoms with Gasteiger partial charge in [-0.1, -0.05) is 41.4 Å². The van der Waals surface area contributed by atoms with Crippen LogP contribution in [-0.4, -0.2) is 23.8 Å². The minimum absolute atomic E-state index is 0.0268. The van der Waals surface area contributed by atoms with E-state index in [0.717, 1.165) is 22.0 Å². The van der Waals surface area contributed by atoms with Crippen molar-refractivity contribution in [1.82, 2.24) is 4.98 Å². The van der Waals surface area contributed by atoms with E-state index in [1.807, 2.05) is 36.4 Å². The van der Waals surface area contributed by atoms with E-state index < -0.39 is 0 Å². The normalized spacial score (nSPS) is 12.2. The largest absolute Gasteiger partial charge is 0.481 e. The van der Waals surface area contributed by atoms with Crippen molar-refractivity contribution in [1.29, 1.82) is 0 Å². The zero-order chi connectivity index (χ0) is 17.8. The third-order valence-electron chi connectivity index (χ3n) is 4.04. The maximum atomic E-state index is 9.44. The number of methoxy groups -OCH3 is 1. The van der Waals surface area contributed by atoms with Crippen LogP contribution in [0.1, 0.15) is 18.0 Å². The molecule has 2 N–H and O–H groups in total. The van der Waals surface area contributed by atoms with Crippen LogP contribution in [0.4, 0.5) is 5.69 Å². The molecular weight excluding hydrogens is 359 g/mol. The number of halogens is 2. The van der Waals surface area contributed by atoms with E-state index in [-0.39, 0.29) is 12.6 Å². The lowest BCUT2D eigenvalue weighted by Crippen LogP contribution is -2.13. The Morgan fingerprint density at radius 1 is 1.20 bits per heavy atom. The van der Waals surface area contributed by atoms with Crippen molar-refractivity contribution in [2.24, 2.45) is 0 Å². The molecule has 0 aliphatic rings. The molecule has 0 aliphatic carbocycles. The van der Waals surface area contributed by atoms with Gasteiger partial charge in [0.15, 0.2) is 0 Å². The number of hydrogen-bond donors (Lipinski definition) is 2. The molecule has 6 heteroatoms. The van der Waals surface area contributed by atoms with Gasteiger partial charge in [-0.2, -0.15) is 0 Å². The van der Waals surface area contributed by atoms with Crippen LogP contribution < -0.4 is 10.1 Å². The van der Waals surface area contributed by atoms with Gasteiger partial charge in [0.2, 0.25) is 5.88 Å². The quantitative estimate of drug-likeness (QED) is 0.629. The van der Waals surface area contributed by atoms with E-state index in [9.17, 15) is 5.11 Å². The number of anilines is 1. The molecule has 1 aromatic heterocycles. The number of rotatable bonds is 6. The average Bonchev–Trinajstić information content (AvgIpc) is 2.63. The fourth-order valence-electron chi connectivity index (χ4n) is 2.82. The summed E-state index contributed by atoms with van der Waals surface area (Å²) >= 11 is 12.5. The number of ether oxygens (including phenoxy) is 1.